The summed E-state index contributed by atoms with van der Waals surface area (Å²) in [6.45, 7) is 0.528. The molecule has 1 amide bonds. The topological polar surface area (TPSA) is 74.0 Å². The van der Waals surface area contributed by atoms with Gasteiger partial charge in [0.2, 0.25) is 0 Å². The summed E-state index contributed by atoms with van der Waals surface area (Å²) in [4.78, 5) is 12.6. The lowest BCUT2D eigenvalue weighted by atomic mass is 10.2. The summed E-state index contributed by atoms with van der Waals surface area (Å²) in [6.07, 6.45) is 3.25. The summed E-state index contributed by atoms with van der Waals surface area (Å²) < 4.78 is 9.70. The fourth-order valence-electron chi connectivity index (χ4n) is 2.78. The van der Waals surface area contributed by atoms with Crippen LogP contribution in [0.2, 0.25) is 15.1 Å². The lowest BCUT2D eigenvalue weighted by molar-refractivity contribution is 0.101. The zero-order chi connectivity index (χ0) is 22.7. The number of ether oxygens (including phenoxy) is 1. The van der Waals surface area contributed by atoms with Crippen LogP contribution in [0.5, 0.6) is 5.75 Å². The van der Waals surface area contributed by atoms with Crippen LogP contribution in [-0.4, -0.2) is 25.5 Å². The minimum absolute atomic E-state index is 0.159. The average molecular weight is 556 g/mol. The first-order valence-electron chi connectivity index (χ1n) is 9.27. The second-order valence-corrected chi connectivity index (χ2v) is 8.85. The van der Waals surface area contributed by atoms with Gasteiger partial charge < -0.3 is 10.1 Å². The van der Waals surface area contributed by atoms with Crippen LogP contribution in [0.25, 0.3) is 0 Å². The van der Waals surface area contributed by atoms with E-state index in [9.17, 15) is 4.79 Å². The van der Waals surface area contributed by atoms with E-state index in [1.165, 1.54) is 4.68 Å². The lowest BCUT2D eigenvalue weighted by Gasteiger charge is -2.06. The SMILES string of the molecule is O=C(Nc1nn(Cc2ccc(Cl)cc2Cl)cc1Cl)c1ccn(COc2ccc(Br)cc2)n1. The van der Waals surface area contributed by atoms with E-state index >= 15 is 0 Å². The normalized spacial score (nSPS) is 10.9. The summed E-state index contributed by atoms with van der Waals surface area (Å²) in [7, 11) is 0. The maximum Gasteiger partial charge on any atom is 0.277 e. The van der Waals surface area contributed by atoms with E-state index in [4.69, 9.17) is 39.5 Å². The predicted octanol–water partition coefficient (Wildman–Crippen LogP) is 6.14. The van der Waals surface area contributed by atoms with Gasteiger partial charge in [-0.05, 0) is 48.0 Å². The van der Waals surface area contributed by atoms with Crippen LogP contribution in [0.3, 0.4) is 0 Å². The second kappa shape index (κ2) is 9.95. The van der Waals surface area contributed by atoms with Crippen molar-refractivity contribution in [3.63, 3.8) is 0 Å². The van der Waals surface area contributed by atoms with Gasteiger partial charge in [0.1, 0.15) is 10.8 Å². The summed E-state index contributed by atoms with van der Waals surface area (Å²) in [5.74, 6) is 0.472. The third-order valence-electron chi connectivity index (χ3n) is 4.35. The number of halogens is 4. The minimum atomic E-state index is -0.441. The standard InChI is InChI=1S/C21H15BrCl3N5O2/c22-14-2-5-16(6-3-14)32-12-29-8-7-19(27-29)21(31)26-20-18(25)11-30(28-20)10-13-1-4-15(23)9-17(13)24/h1-9,11H,10,12H2,(H,26,28,31). The molecule has 0 bridgehead atoms. The van der Waals surface area contributed by atoms with E-state index in [2.05, 4.69) is 31.4 Å². The molecule has 0 saturated heterocycles. The number of nitrogens with zero attached hydrogens (tertiary/aromatic N) is 4. The Morgan fingerprint density at radius 2 is 1.78 bits per heavy atom. The number of benzene rings is 2. The van der Waals surface area contributed by atoms with E-state index in [1.807, 2.05) is 30.3 Å². The molecule has 0 unspecified atom stereocenters. The van der Waals surface area contributed by atoms with E-state index < -0.39 is 5.91 Å². The van der Waals surface area contributed by atoms with E-state index in [0.717, 1.165) is 10.0 Å². The smallest absolute Gasteiger partial charge is 0.277 e. The van der Waals surface area contributed by atoms with E-state index in [0.29, 0.717) is 27.4 Å². The highest BCUT2D eigenvalue weighted by molar-refractivity contribution is 9.10. The van der Waals surface area contributed by atoms with Crippen LogP contribution in [-0.2, 0) is 13.3 Å². The first kappa shape index (κ1) is 22.7. The van der Waals surface area contributed by atoms with Gasteiger partial charge >= 0.3 is 0 Å². The maximum atomic E-state index is 12.6. The molecular formula is C21H15BrCl3N5O2. The van der Waals surface area contributed by atoms with Crippen molar-refractivity contribution >= 4 is 62.5 Å². The Morgan fingerprint density at radius 3 is 2.53 bits per heavy atom. The van der Waals surface area contributed by atoms with Crippen molar-refractivity contribution < 1.29 is 9.53 Å². The van der Waals surface area contributed by atoms with E-state index in [1.54, 1.807) is 35.3 Å². The van der Waals surface area contributed by atoms with Gasteiger partial charge in [0.05, 0.1) is 6.54 Å². The largest absolute Gasteiger partial charge is 0.471 e. The number of aromatic nitrogens is 4. The summed E-state index contributed by atoms with van der Waals surface area (Å²) in [6, 6.07) is 14.2. The van der Waals surface area contributed by atoms with Crippen LogP contribution >= 0.6 is 50.7 Å². The van der Waals surface area contributed by atoms with Gasteiger partial charge in [-0.3, -0.25) is 9.48 Å². The van der Waals surface area contributed by atoms with Crippen LogP contribution in [0.15, 0.2) is 65.4 Å². The molecule has 0 aliphatic carbocycles. The Balaban J connectivity index is 1.38. The lowest BCUT2D eigenvalue weighted by Crippen LogP contribution is -2.15. The van der Waals surface area contributed by atoms with Crippen molar-refractivity contribution in [2.24, 2.45) is 0 Å². The van der Waals surface area contributed by atoms with Gasteiger partial charge in [0, 0.05) is 26.9 Å². The molecule has 164 valence electrons. The first-order chi connectivity index (χ1) is 15.4. The average Bonchev–Trinajstić information content (AvgIpc) is 3.36. The van der Waals surface area contributed by atoms with Crippen molar-refractivity contribution in [3.05, 3.63) is 91.7 Å². The highest BCUT2D eigenvalue weighted by Gasteiger charge is 2.15. The van der Waals surface area contributed by atoms with Gasteiger partial charge in [0.25, 0.3) is 5.91 Å². The van der Waals surface area contributed by atoms with Gasteiger partial charge in [0.15, 0.2) is 18.2 Å². The predicted molar refractivity (Wildman–Crippen MR) is 128 cm³/mol. The zero-order valence-corrected chi connectivity index (χ0v) is 20.2. The molecule has 7 nitrogen and oxygen atoms in total. The fraction of sp³-hybridized carbons (Fsp3) is 0.0952. The third kappa shape index (κ3) is 5.63. The maximum absolute atomic E-state index is 12.6. The molecule has 0 aliphatic rings. The molecule has 2 aromatic heterocycles. The molecule has 0 atom stereocenters. The van der Waals surface area contributed by atoms with Crippen LogP contribution in [0, 0.1) is 0 Å². The molecule has 32 heavy (non-hydrogen) atoms. The monoisotopic (exact) mass is 553 g/mol. The van der Waals surface area contributed by atoms with Crippen LogP contribution in [0.4, 0.5) is 5.82 Å². The fourth-order valence-corrected chi connectivity index (χ4v) is 3.72. The number of amides is 1. The summed E-state index contributed by atoms with van der Waals surface area (Å²) in [5.41, 5.74) is 1.02. The number of anilines is 1. The van der Waals surface area contributed by atoms with Crippen molar-refractivity contribution in [2.45, 2.75) is 13.3 Å². The molecular weight excluding hydrogens is 541 g/mol. The van der Waals surface area contributed by atoms with E-state index in [-0.39, 0.29) is 18.2 Å². The molecule has 2 aromatic carbocycles. The number of carbonyl (C=O) groups is 1. The number of nitrogens with one attached hydrogen (secondary N) is 1. The highest BCUT2D eigenvalue weighted by Crippen LogP contribution is 2.24. The quantitative estimate of drug-likeness (QED) is 0.297. The number of carbonyl (C=O) groups excluding carboxylic acids is 1. The Morgan fingerprint density at radius 1 is 1.00 bits per heavy atom. The number of hydrogen-bond donors (Lipinski definition) is 1. The Kier molecular flexibility index (Phi) is 7.05. The second-order valence-electron chi connectivity index (χ2n) is 6.68. The number of rotatable bonds is 7. The third-order valence-corrected chi connectivity index (χ3v) is 5.74. The zero-order valence-electron chi connectivity index (χ0n) is 16.3. The van der Waals surface area contributed by atoms with Crippen molar-refractivity contribution in [2.75, 3.05) is 5.32 Å². The van der Waals surface area contributed by atoms with Crippen molar-refractivity contribution in [1.29, 1.82) is 0 Å². The molecule has 0 spiro atoms. The molecule has 4 rings (SSSR count). The van der Waals surface area contributed by atoms with Gasteiger partial charge in [-0.15, -0.1) is 0 Å². The minimum Gasteiger partial charge on any atom is -0.471 e. The van der Waals surface area contributed by atoms with Crippen LogP contribution in [0.1, 0.15) is 16.1 Å². The first-order valence-corrected chi connectivity index (χ1v) is 11.2. The summed E-state index contributed by atoms with van der Waals surface area (Å²) >= 11 is 21.8. The Hall–Kier alpha value is -2.52. The number of hydrogen-bond acceptors (Lipinski definition) is 4. The molecule has 0 saturated carbocycles. The van der Waals surface area contributed by atoms with Gasteiger partial charge in [-0.25, -0.2) is 4.68 Å². The molecule has 11 heteroatoms. The Labute approximate surface area is 207 Å². The highest BCUT2D eigenvalue weighted by atomic mass is 79.9. The molecule has 0 radical (unpaired) electrons. The molecule has 2 heterocycles. The molecule has 4 aromatic rings. The van der Waals surface area contributed by atoms with Gasteiger partial charge in [-0.2, -0.15) is 10.2 Å². The molecule has 0 fully saturated rings. The van der Waals surface area contributed by atoms with Crippen molar-refractivity contribution in [1.82, 2.24) is 19.6 Å². The van der Waals surface area contributed by atoms with Crippen molar-refractivity contribution in [3.8, 4) is 5.75 Å². The molecule has 1 N–H and O–H groups in total. The Bertz CT molecular complexity index is 1260. The molecule has 0 aliphatic heterocycles. The summed E-state index contributed by atoms with van der Waals surface area (Å²) in [5, 5.41) is 12.6. The van der Waals surface area contributed by atoms with Crippen LogP contribution < -0.4 is 10.1 Å². The van der Waals surface area contributed by atoms with Gasteiger partial charge in [-0.1, -0.05) is 56.8 Å².